The Balaban J connectivity index is 1.92. The largest absolute Gasteiger partial charge is 0.379 e. The second-order valence-electron chi connectivity index (χ2n) is 6.60. The standard InChI is InChI=1S/C19H19BrFN5O2/c1-3-26-10-19(2,25-16(22)18(26)28)13-8-12(5-6-14(13)21)24-17(27)15-7-4-11(20)9-23-15/h4-9H,3,10H2,1-2H3,(H2,22,25)(H,24,27). The Morgan fingerprint density at radius 3 is 2.79 bits per heavy atom. The van der Waals surface area contributed by atoms with Crippen LogP contribution in [0.1, 0.15) is 29.9 Å². The lowest BCUT2D eigenvalue weighted by Gasteiger charge is -2.37. The molecule has 0 spiro atoms. The maximum absolute atomic E-state index is 14.6. The van der Waals surface area contributed by atoms with Crippen molar-refractivity contribution in [3.05, 3.63) is 58.1 Å². The van der Waals surface area contributed by atoms with Crippen molar-refractivity contribution in [2.75, 3.05) is 18.4 Å². The van der Waals surface area contributed by atoms with Crippen LogP contribution < -0.4 is 11.1 Å². The molecule has 0 aliphatic carbocycles. The highest BCUT2D eigenvalue weighted by Crippen LogP contribution is 2.33. The summed E-state index contributed by atoms with van der Waals surface area (Å²) in [5, 5.41) is 2.70. The number of amidine groups is 1. The number of hydrogen-bond acceptors (Lipinski definition) is 5. The summed E-state index contributed by atoms with van der Waals surface area (Å²) in [6.07, 6.45) is 1.52. The zero-order valence-electron chi connectivity index (χ0n) is 15.4. The van der Waals surface area contributed by atoms with Crippen molar-refractivity contribution in [1.82, 2.24) is 9.88 Å². The third-order valence-electron chi connectivity index (χ3n) is 4.52. The predicted octanol–water partition coefficient (Wildman–Crippen LogP) is 2.67. The van der Waals surface area contributed by atoms with Crippen LogP contribution in [-0.4, -0.2) is 40.6 Å². The van der Waals surface area contributed by atoms with E-state index in [1.165, 1.54) is 29.3 Å². The Morgan fingerprint density at radius 2 is 2.14 bits per heavy atom. The molecule has 0 saturated carbocycles. The molecule has 0 radical (unpaired) electrons. The van der Waals surface area contributed by atoms with Gasteiger partial charge in [0.1, 0.15) is 17.1 Å². The van der Waals surface area contributed by atoms with Gasteiger partial charge in [0.2, 0.25) is 0 Å². The van der Waals surface area contributed by atoms with Crippen LogP contribution in [-0.2, 0) is 10.3 Å². The number of nitrogens with two attached hydrogens (primary N) is 1. The summed E-state index contributed by atoms with van der Waals surface area (Å²) in [6, 6.07) is 7.49. The molecule has 0 bridgehead atoms. The number of aromatic nitrogens is 1. The van der Waals surface area contributed by atoms with Gasteiger partial charge in [0.05, 0.1) is 6.54 Å². The Morgan fingerprint density at radius 1 is 1.39 bits per heavy atom. The van der Waals surface area contributed by atoms with E-state index in [9.17, 15) is 14.0 Å². The van der Waals surface area contributed by atoms with Gasteiger partial charge in [0.15, 0.2) is 5.84 Å². The highest BCUT2D eigenvalue weighted by atomic mass is 79.9. The molecular formula is C19H19BrFN5O2. The zero-order chi connectivity index (χ0) is 20.5. The van der Waals surface area contributed by atoms with Crippen LogP contribution in [0.15, 0.2) is 46.0 Å². The van der Waals surface area contributed by atoms with Crippen molar-refractivity contribution in [2.24, 2.45) is 10.7 Å². The number of halogens is 2. The molecule has 7 nitrogen and oxygen atoms in total. The summed E-state index contributed by atoms with van der Waals surface area (Å²) in [4.78, 5) is 34.3. The van der Waals surface area contributed by atoms with E-state index in [1.54, 1.807) is 19.1 Å². The lowest BCUT2D eigenvalue weighted by Crippen LogP contribution is -2.52. The van der Waals surface area contributed by atoms with E-state index in [2.05, 4.69) is 31.2 Å². The van der Waals surface area contributed by atoms with E-state index in [1.807, 2.05) is 6.92 Å². The normalized spacial score (nSPS) is 19.4. The Bertz CT molecular complexity index is 963. The minimum Gasteiger partial charge on any atom is -0.379 e. The summed E-state index contributed by atoms with van der Waals surface area (Å²) in [6.45, 7) is 4.13. The number of likely N-dealkylation sites (N-methyl/N-ethyl adjacent to an activating group) is 1. The fourth-order valence-corrected chi connectivity index (χ4v) is 3.31. The minimum atomic E-state index is -1.06. The monoisotopic (exact) mass is 447 g/mol. The molecular weight excluding hydrogens is 429 g/mol. The molecule has 2 aromatic rings. The average molecular weight is 448 g/mol. The number of rotatable bonds is 4. The number of nitrogens with one attached hydrogen (secondary N) is 1. The van der Waals surface area contributed by atoms with Crippen molar-refractivity contribution in [3.63, 3.8) is 0 Å². The number of carbonyl (C=O) groups is 2. The van der Waals surface area contributed by atoms with Gasteiger partial charge < -0.3 is 16.0 Å². The number of benzene rings is 1. The molecule has 146 valence electrons. The number of hydrogen-bond donors (Lipinski definition) is 2. The molecule has 1 aliphatic rings. The molecule has 3 N–H and O–H groups in total. The zero-order valence-corrected chi connectivity index (χ0v) is 17.0. The first-order chi connectivity index (χ1) is 13.2. The van der Waals surface area contributed by atoms with Gasteiger partial charge in [-0.3, -0.25) is 14.6 Å². The van der Waals surface area contributed by atoms with E-state index >= 15 is 0 Å². The van der Waals surface area contributed by atoms with E-state index in [-0.39, 0.29) is 29.5 Å². The van der Waals surface area contributed by atoms with Crippen molar-refractivity contribution >= 4 is 39.3 Å². The van der Waals surface area contributed by atoms with Gasteiger partial charge in [-0.05, 0) is 60.1 Å². The SMILES string of the molecule is CCN1CC(C)(c2cc(NC(=O)c3ccc(Br)cn3)ccc2F)N=C(N)C1=O. The lowest BCUT2D eigenvalue weighted by molar-refractivity contribution is -0.125. The highest BCUT2D eigenvalue weighted by Gasteiger charge is 2.38. The molecule has 1 aliphatic heterocycles. The third-order valence-corrected chi connectivity index (χ3v) is 4.99. The Hall–Kier alpha value is -2.81. The molecule has 1 aromatic carbocycles. The Labute approximate surface area is 170 Å². The molecule has 0 saturated heterocycles. The van der Waals surface area contributed by atoms with Gasteiger partial charge in [0, 0.05) is 28.5 Å². The first kappa shape index (κ1) is 19.9. The van der Waals surface area contributed by atoms with E-state index in [0.717, 1.165) is 4.47 Å². The van der Waals surface area contributed by atoms with E-state index in [4.69, 9.17) is 5.73 Å². The van der Waals surface area contributed by atoms with Gasteiger partial charge in [-0.15, -0.1) is 0 Å². The molecule has 2 heterocycles. The van der Waals surface area contributed by atoms with E-state index < -0.39 is 17.3 Å². The van der Waals surface area contributed by atoms with Crippen LogP contribution >= 0.6 is 15.9 Å². The van der Waals surface area contributed by atoms with Crippen LogP contribution in [0.5, 0.6) is 0 Å². The van der Waals surface area contributed by atoms with Gasteiger partial charge in [-0.25, -0.2) is 9.37 Å². The third kappa shape index (κ3) is 3.89. The number of amides is 2. The first-order valence-corrected chi connectivity index (χ1v) is 9.40. The number of carbonyl (C=O) groups excluding carboxylic acids is 2. The van der Waals surface area contributed by atoms with Crippen molar-refractivity contribution in [1.29, 1.82) is 0 Å². The highest BCUT2D eigenvalue weighted by molar-refractivity contribution is 9.10. The topological polar surface area (TPSA) is 101 Å². The van der Waals surface area contributed by atoms with Gasteiger partial charge in [-0.1, -0.05) is 0 Å². The van der Waals surface area contributed by atoms with Crippen LogP contribution in [0.2, 0.25) is 0 Å². The second kappa shape index (κ2) is 7.67. The molecule has 1 unspecified atom stereocenters. The summed E-state index contributed by atoms with van der Waals surface area (Å²) >= 11 is 3.26. The summed E-state index contributed by atoms with van der Waals surface area (Å²) < 4.78 is 15.4. The molecule has 1 atom stereocenters. The van der Waals surface area contributed by atoms with Crippen LogP contribution in [0.4, 0.5) is 10.1 Å². The number of anilines is 1. The minimum absolute atomic E-state index is 0.163. The molecule has 9 heteroatoms. The second-order valence-corrected chi connectivity index (χ2v) is 7.52. The number of pyridine rings is 1. The molecule has 28 heavy (non-hydrogen) atoms. The number of nitrogens with zero attached hydrogens (tertiary/aromatic N) is 3. The maximum atomic E-state index is 14.6. The van der Waals surface area contributed by atoms with Crippen LogP contribution in [0, 0.1) is 5.82 Å². The molecule has 1 aromatic heterocycles. The summed E-state index contributed by atoms with van der Waals surface area (Å²) in [5.41, 5.74) is 5.56. The average Bonchev–Trinajstić information content (AvgIpc) is 2.66. The van der Waals surface area contributed by atoms with Crippen LogP contribution in [0.3, 0.4) is 0 Å². The molecule has 3 rings (SSSR count). The smallest absolute Gasteiger partial charge is 0.288 e. The number of aliphatic imine (C=N–C) groups is 1. The van der Waals surface area contributed by atoms with Gasteiger partial charge >= 0.3 is 0 Å². The van der Waals surface area contributed by atoms with E-state index in [0.29, 0.717) is 12.2 Å². The molecule has 2 amide bonds. The predicted molar refractivity (Wildman–Crippen MR) is 108 cm³/mol. The quantitative estimate of drug-likeness (QED) is 0.751. The van der Waals surface area contributed by atoms with Crippen molar-refractivity contribution in [2.45, 2.75) is 19.4 Å². The first-order valence-electron chi connectivity index (χ1n) is 8.61. The maximum Gasteiger partial charge on any atom is 0.288 e. The Kier molecular flexibility index (Phi) is 5.46. The van der Waals surface area contributed by atoms with Gasteiger partial charge in [0.25, 0.3) is 11.8 Å². The van der Waals surface area contributed by atoms with Gasteiger partial charge in [-0.2, -0.15) is 0 Å². The fraction of sp³-hybridized carbons (Fsp3) is 0.263. The van der Waals surface area contributed by atoms with Crippen molar-refractivity contribution < 1.29 is 14.0 Å². The summed E-state index contributed by atoms with van der Waals surface area (Å²) in [5.74, 6) is -1.45. The summed E-state index contributed by atoms with van der Waals surface area (Å²) in [7, 11) is 0. The van der Waals surface area contributed by atoms with Crippen molar-refractivity contribution in [3.8, 4) is 0 Å². The fourth-order valence-electron chi connectivity index (χ4n) is 3.08. The van der Waals surface area contributed by atoms with Crippen LogP contribution in [0.25, 0.3) is 0 Å². The lowest BCUT2D eigenvalue weighted by atomic mass is 9.89. The molecule has 0 fully saturated rings.